The van der Waals surface area contributed by atoms with Crippen molar-refractivity contribution in [3.05, 3.63) is 133 Å². The molecule has 41 heavy (non-hydrogen) atoms. The molecule has 0 aliphatic carbocycles. The molecule has 0 fully saturated rings. The second-order valence-electron chi connectivity index (χ2n) is 9.23. The van der Waals surface area contributed by atoms with Crippen LogP contribution in [0.1, 0.15) is 19.4 Å². The van der Waals surface area contributed by atoms with Gasteiger partial charge in [0.15, 0.2) is 5.78 Å². The van der Waals surface area contributed by atoms with Gasteiger partial charge in [0.1, 0.15) is 18.8 Å². The second kappa shape index (κ2) is 14.8. The molecule has 0 radical (unpaired) electrons. The summed E-state index contributed by atoms with van der Waals surface area (Å²) < 4.78 is 7.92. The van der Waals surface area contributed by atoms with Gasteiger partial charge < -0.3 is 14.5 Å². The average Bonchev–Trinajstić information content (AvgIpc) is 3.33. The van der Waals surface area contributed by atoms with Gasteiger partial charge in [0.2, 0.25) is 0 Å². The minimum absolute atomic E-state index is 0. The number of fused-ring (bicyclic) bond motifs is 3. The number of allylic oxidation sites excluding steroid dienone is 2. The maximum Gasteiger partial charge on any atom is 3.00 e. The molecule has 0 saturated heterocycles. The summed E-state index contributed by atoms with van der Waals surface area (Å²) in [5.41, 5.74) is 6.92. The summed E-state index contributed by atoms with van der Waals surface area (Å²) in [6, 6.07) is 34.5. The van der Waals surface area contributed by atoms with Crippen LogP contribution >= 0.6 is 0 Å². The quantitative estimate of drug-likeness (QED) is 0.0888. The first kappa shape index (κ1) is 31.2. The average molecular weight is 719 g/mol. The molecule has 0 aliphatic rings. The summed E-state index contributed by atoms with van der Waals surface area (Å²) in [6.07, 6.45) is 8.28. The molecule has 6 aromatic rings. The molecule has 0 bridgehead atoms. The summed E-state index contributed by atoms with van der Waals surface area (Å²) in [4.78, 5) is 14.3. The predicted octanol–water partition coefficient (Wildman–Crippen LogP) is 7.57. The number of carbonyl (C=O) groups is 1. The normalized spacial score (nSPS) is 10.6. The zero-order valence-corrected chi connectivity index (χ0v) is 25.7. The van der Waals surface area contributed by atoms with Crippen molar-refractivity contribution in [3.8, 4) is 22.4 Å². The van der Waals surface area contributed by atoms with Crippen LogP contribution in [0.4, 0.5) is 0 Å². The van der Waals surface area contributed by atoms with Crippen LogP contribution in [-0.4, -0.2) is 15.9 Å². The Balaban J connectivity index is 0.000000190. The van der Waals surface area contributed by atoms with Gasteiger partial charge in [-0.1, -0.05) is 41.8 Å². The van der Waals surface area contributed by atoms with E-state index >= 15 is 0 Å². The number of benzene rings is 3. The molecule has 0 spiro atoms. The van der Waals surface area contributed by atoms with Crippen LogP contribution in [0.3, 0.4) is 0 Å². The third-order valence-electron chi connectivity index (χ3n) is 5.79. The topological polar surface area (TPSA) is 67.2 Å². The Kier molecular flexibility index (Phi) is 11.3. The van der Waals surface area contributed by atoms with Gasteiger partial charge in [-0.15, -0.1) is 42.0 Å². The van der Waals surface area contributed by atoms with E-state index in [1.165, 1.54) is 25.5 Å². The molecule has 3 aromatic heterocycles. The van der Waals surface area contributed by atoms with Gasteiger partial charge in [-0.05, 0) is 38.1 Å². The monoisotopic (exact) mass is 719 g/mol. The van der Waals surface area contributed by atoms with Gasteiger partial charge in [0.05, 0.1) is 12.0 Å². The van der Waals surface area contributed by atoms with Crippen LogP contribution in [-0.2, 0) is 31.9 Å². The number of aliphatic hydroxyl groups is 1. The zero-order chi connectivity index (χ0) is 28.5. The number of rotatable bonds is 3. The first-order valence-corrected chi connectivity index (χ1v) is 12.8. The maximum atomic E-state index is 10.0. The molecular formula is C35H30IrN2O3+. The minimum Gasteiger partial charge on any atom is -0.512 e. The molecule has 0 saturated carbocycles. The number of aryl methyl sites for hydroxylation is 2. The Morgan fingerprint density at radius 2 is 1.66 bits per heavy atom. The number of furan rings is 1. The van der Waals surface area contributed by atoms with Gasteiger partial charge in [-0.25, -0.2) is 0 Å². The van der Waals surface area contributed by atoms with Crippen molar-refractivity contribution in [1.29, 1.82) is 0 Å². The van der Waals surface area contributed by atoms with Gasteiger partial charge >= 0.3 is 20.1 Å². The number of aliphatic hydroxyl groups excluding tert-OH is 1. The third kappa shape index (κ3) is 8.55. The van der Waals surface area contributed by atoms with Gasteiger partial charge in [-0.2, -0.15) is 29.3 Å². The van der Waals surface area contributed by atoms with Crippen molar-refractivity contribution in [2.75, 3.05) is 0 Å². The third-order valence-corrected chi connectivity index (χ3v) is 5.79. The molecule has 0 aliphatic heterocycles. The fourth-order valence-electron chi connectivity index (χ4n) is 4.04. The summed E-state index contributed by atoms with van der Waals surface area (Å²) >= 11 is 0. The van der Waals surface area contributed by atoms with E-state index in [9.17, 15) is 4.79 Å². The number of ketones is 1. The molecule has 6 heteroatoms. The van der Waals surface area contributed by atoms with Gasteiger partial charge in [0.25, 0.3) is 0 Å². The summed E-state index contributed by atoms with van der Waals surface area (Å²) in [7, 11) is 1.96. The Hall–Kier alpha value is -4.38. The van der Waals surface area contributed by atoms with E-state index in [4.69, 9.17) is 9.52 Å². The molecule has 0 amide bonds. The Morgan fingerprint density at radius 1 is 0.902 bits per heavy atom. The number of para-hydroxylation sites is 1. The molecule has 0 unspecified atom stereocenters. The molecule has 3 heterocycles. The van der Waals surface area contributed by atoms with E-state index in [0.717, 1.165) is 44.3 Å². The fourth-order valence-corrected chi connectivity index (χ4v) is 4.04. The number of carbonyl (C=O) groups excluding carboxylic acids is 1. The molecule has 0 atom stereocenters. The van der Waals surface area contributed by atoms with Gasteiger partial charge in [0, 0.05) is 23.2 Å². The van der Waals surface area contributed by atoms with Crippen molar-refractivity contribution in [2.24, 2.45) is 7.05 Å². The van der Waals surface area contributed by atoms with Crippen molar-refractivity contribution in [2.45, 2.75) is 20.8 Å². The first-order valence-electron chi connectivity index (χ1n) is 12.8. The van der Waals surface area contributed by atoms with Crippen molar-refractivity contribution in [3.63, 3.8) is 0 Å². The van der Waals surface area contributed by atoms with E-state index in [0.29, 0.717) is 0 Å². The van der Waals surface area contributed by atoms with E-state index in [2.05, 4.69) is 35.4 Å². The molecule has 206 valence electrons. The maximum absolute atomic E-state index is 10.0. The molecule has 1 N–H and O–H groups in total. The SMILES string of the molecule is CC(=O)/C=C(/C)O.C[n+]1[c-]c(-c2[c-]ccc3c2oc2ccccc23)ccc1.Cc1ccc(-c2[c-]cccc2)nc1.[Ir+3]. The van der Waals surface area contributed by atoms with Crippen LogP contribution in [0.5, 0.6) is 0 Å². The molecular weight excluding hydrogens is 689 g/mol. The van der Waals surface area contributed by atoms with E-state index in [1.807, 2.05) is 104 Å². The molecule has 6 rings (SSSR count). The molecule has 3 aromatic carbocycles. The Bertz CT molecular complexity index is 1750. The summed E-state index contributed by atoms with van der Waals surface area (Å²) in [5, 5.41) is 10.6. The first-order chi connectivity index (χ1) is 19.3. The second-order valence-corrected chi connectivity index (χ2v) is 9.23. The number of aromatic nitrogens is 2. The van der Waals surface area contributed by atoms with E-state index < -0.39 is 0 Å². The van der Waals surface area contributed by atoms with Crippen LogP contribution < -0.4 is 4.57 Å². The van der Waals surface area contributed by atoms with Crippen LogP contribution in [0.25, 0.3) is 44.3 Å². The van der Waals surface area contributed by atoms with E-state index in [-0.39, 0.29) is 31.6 Å². The van der Waals surface area contributed by atoms with Crippen LogP contribution in [0.15, 0.2) is 114 Å². The van der Waals surface area contributed by atoms with Gasteiger partial charge in [-0.3, -0.25) is 9.36 Å². The summed E-state index contributed by atoms with van der Waals surface area (Å²) in [6.45, 7) is 4.88. The largest absolute Gasteiger partial charge is 3.00 e. The smallest absolute Gasteiger partial charge is 0.512 e. The summed E-state index contributed by atoms with van der Waals surface area (Å²) in [5.74, 6) is -0.0625. The van der Waals surface area contributed by atoms with Crippen molar-refractivity contribution < 1.29 is 39.0 Å². The van der Waals surface area contributed by atoms with Crippen LogP contribution in [0, 0.1) is 25.3 Å². The van der Waals surface area contributed by atoms with Crippen LogP contribution in [0.2, 0.25) is 0 Å². The Labute approximate surface area is 254 Å². The predicted molar refractivity (Wildman–Crippen MR) is 158 cm³/mol. The number of pyridine rings is 2. The zero-order valence-electron chi connectivity index (χ0n) is 23.3. The fraction of sp³-hybridized carbons (Fsp3) is 0.114. The van der Waals surface area contributed by atoms with E-state index in [1.54, 1.807) is 0 Å². The number of hydrogen-bond donors (Lipinski definition) is 1. The van der Waals surface area contributed by atoms with Crippen molar-refractivity contribution in [1.82, 2.24) is 4.98 Å². The minimum atomic E-state index is -0.125. The van der Waals surface area contributed by atoms with Crippen molar-refractivity contribution >= 4 is 27.7 Å². The Morgan fingerprint density at radius 3 is 2.29 bits per heavy atom. The number of nitrogens with zero attached hydrogens (tertiary/aromatic N) is 2. The standard InChI is InChI=1S/C18H12NO.C12H10N.C5H8O2.Ir/c1-19-11-5-6-13(12-19)14-8-4-9-16-15-7-2-3-10-17(15)20-18(14)16;1-10-7-8-12(13-9-10)11-5-3-2-4-6-11;1-4(6)3-5(2)7;/h2-7,9-11H,1H3;2-5,7-9H,1H3;3,6H,1-2H3;/q2*-1;;+3/b;;4-3-;. The molecule has 5 nitrogen and oxygen atoms in total. The number of hydrogen-bond acceptors (Lipinski definition) is 4.